The number of halogens is 2. The van der Waals surface area contributed by atoms with E-state index >= 15 is 0 Å². The first-order chi connectivity index (χ1) is 13.9. The normalized spacial score (nSPS) is 10.9. The van der Waals surface area contributed by atoms with Crippen LogP contribution in [-0.4, -0.2) is 21.0 Å². The maximum Gasteiger partial charge on any atom is 0.295 e. The Morgan fingerprint density at radius 1 is 1.07 bits per heavy atom. The Labute approximate surface area is 183 Å². The molecule has 1 heterocycles. The molecule has 0 fully saturated rings. The van der Waals surface area contributed by atoms with Gasteiger partial charge in [-0.15, -0.1) is 0 Å². The van der Waals surface area contributed by atoms with Gasteiger partial charge in [-0.2, -0.15) is 11.8 Å². The molecule has 29 heavy (non-hydrogen) atoms. The summed E-state index contributed by atoms with van der Waals surface area (Å²) in [6, 6.07) is 14.7. The second kappa shape index (κ2) is 9.57. The van der Waals surface area contributed by atoms with Gasteiger partial charge in [-0.05, 0) is 36.8 Å². The van der Waals surface area contributed by atoms with Gasteiger partial charge in [-0.25, -0.2) is 4.68 Å². The van der Waals surface area contributed by atoms with Crippen molar-refractivity contribution < 1.29 is 4.79 Å². The summed E-state index contributed by atoms with van der Waals surface area (Å²) in [7, 11) is 1.79. The lowest BCUT2D eigenvalue weighted by Crippen LogP contribution is -2.23. The molecule has 1 aromatic heterocycles. The van der Waals surface area contributed by atoms with E-state index in [1.165, 1.54) is 0 Å². The number of para-hydroxylation sites is 1. The average molecular weight is 450 g/mol. The zero-order valence-corrected chi connectivity index (χ0v) is 18.4. The van der Waals surface area contributed by atoms with E-state index in [1.54, 1.807) is 46.4 Å². The highest BCUT2D eigenvalue weighted by molar-refractivity contribution is 7.98. The summed E-state index contributed by atoms with van der Waals surface area (Å²) in [5.41, 5.74) is 2.37. The lowest BCUT2D eigenvalue weighted by molar-refractivity contribution is -0.115. The van der Waals surface area contributed by atoms with E-state index in [1.807, 2.05) is 37.3 Å². The van der Waals surface area contributed by atoms with Gasteiger partial charge in [-0.1, -0.05) is 47.5 Å². The second-order valence-electron chi connectivity index (χ2n) is 6.49. The molecule has 0 radical (unpaired) electrons. The molecule has 1 N–H and O–H groups in total. The fourth-order valence-electron chi connectivity index (χ4n) is 2.92. The molecule has 3 rings (SSSR count). The Bertz CT molecular complexity index is 1060. The molecular weight excluding hydrogens is 429 g/mol. The maximum atomic E-state index is 12.8. The van der Waals surface area contributed by atoms with Gasteiger partial charge in [0.05, 0.1) is 11.4 Å². The summed E-state index contributed by atoms with van der Waals surface area (Å²) >= 11 is 13.9. The molecule has 0 spiro atoms. The standard InChI is InChI=1S/C21H21Cl2N3O2S/c1-14-20(21(28)26(25(14)2)15-7-4-3-5-8-15)24-19(27)11-12-29-13-16-17(22)9-6-10-18(16)23/h3-10H,11-13H2,1-2H3,(H,24,27). The number of nitrogens with zero attached hydrogens (tertiary/aromatic N) is 2. The molecule has 0 unspecified atom stereocenters. The zero-order chi connectivity index (χ0) is 21.0. The van der Waals surface area contributed by atoms with Crippen molar-refractivity contribution in [3.05, 3.63) is 80.2 Å². The molecular formula is C21H21Cl2N3O2S. The summed E-state index contributed by atoms with van der Waals surface area (Å²) in [6.45, 7) is 1.81. The average Bonchev–Trinajstić information content (AvgIpc) is 2.91. The number of hydrogen-bond acceptors (Lipinski definition) is 3. The van der Waals surface area contributed by atoms with Gasteiger partial charge in [0.1, 0.15) is 5.69 Å². The number of thioether (sulfide) groups is 1. The maximum absolute atomic E-state index is 12.8. The molecule has 5 nitrogen and oxygen atoms in total. The molecule has 3 aromatic rings. The molecule has 152 valence electrons. The van der Waals surface area contributed by atoms with Gasteiger partial charge in [-0.3, -0.25) is 14.3 Å². The van der Waals surface area contributed by atoms with Crippen molar-refractivity contribution in [1.82, 2.24) is 9.36 Å². The van der Waals surface area contributed by atoms with E-state index in [4.69, 9.17) is 23.2 Å². The molecule has 2 aromatic carbocycles. The first-order valence-electron chi connectivity index (χ1n) is 9.04. The van der Waals surface area contributed by atoms with Gasteiger partial charge in [0.15, 0.2) is 0 Å². The summed E-state index contributed by atoms with van der Waals surface area (Å²) in [5.74, 6) is 1.01. The fourth-order valence-corrected chi connectivity index (χ4v) is 4.60. The Hall–Kier alpha value is -2.15. The number of benzene rings is 2. The van der Waals surface area contributed by atoms with Crippen molar-refractivity contribution in [1.29, 1.82) is 0 Å². The second-order valence-corrected chi connectivity index (χ2v) is 8.41. The predicted molar refractivity (Wildman–Crippen MR) is 122 cm³/mol. The third-order valence-corrected chi connectivity index (χ3v) is 6.29. The summed E-state index contributed by atoms with van der Waals surface area (Å²) in [6.07, 6.45) is 0.284. The van der Waals surface area contributed by atoms with Crippen LogP contribution in [0.15, 0.2) is 53.3 Å². The van der Waals surface area contributed by atoms with Gasteiger partial charge < -0.3 is 5.32 Å². The Kier molecular flexibility index (Phi) is 7.11. The smallest absolute Gasteiger partial charge is 0.295 e. The Morgan fingerprint density at radius 2 is 1.72 bits per heavy atom. The molecule has 0 aliphatic rings. The summed E-state index contributed by atoms with van der Waals surface area (Å²) < 4.78 is 3.28. The number of anilines is 1. The van der Waals surface area contributed by atoms with Crippen LogP contribution in [0.1, 0.15) is 17.7 Å². The molecule has 0 saturated heterocycles. The van der Waals surface area contributed by atoms with Crippen molar-refractivity contribution in [3.8, 4) is 5.69 Å². The van der Waals surface area contributed by atoms with Crippen LogP contribution in [-0.2, 0) is 17.6 Å². The van der Waals surface area contributed by atoms with Crippen LogP contribution in [0.4, 0.5) is 5.69 Å². The van der Waals surface area contributed by atoms with E-state index in [2.05, 4.69) is 5.32 Å². The highest BCUT2D eigenvalue weighted by atomic mass is 35.5. The third-order valence-electron chi connectivity index (χ3n) is 4.60. The molecule has 0 saturated carbocycles. The largest absolute Gasteiger partial charge is 0.320 e. The van der Waals surface area contributed by atoms with E-state index in [0.717, 1.165) is 11.3 Å². The first-order valence-corrected chi connectivity index (χ1v) is 11.0. The SMILES string of the molecule is Cc1c(NC(=O)CCSCc2c(Cl)cccc2Cl)c(=O)n(-c2ccccc2)n1C. The number of carbonyl (C=O) groups is 1. The number of carbonyl (C=O) groups excluding carboxylic acids is 1. The van der Waals surface area contributed by atoms with Gasteiger partial charge in [0, 0.05) is 35.0 Å². The van der Waals surface area contributed by atoms with Crippen molar-refractivity contribution >= 4 is 46.6 Å². The van der Waals surface area contributed by atoms with E-state index in [0.29, 0.717) is 32.9 Å². The molecule has 0 atom stereocenters. The highest BCUT2D eigenvalue weighted by Gasteiger charge is 2.18. The van der Waals surface area contributed by atoms with Crippen LogP contribution < -0.4 is 10.9 Å². The lowest BCUT2D eigenvalue weighted by Gasteiger charge is -2.07. The van der Waals surface area contributed by atoms with Crippen LogP contribution in [0.3, 0.4) is 0 Å². The van der Waals surface area contributed by atoms with Gasteiger partial charge in [0.25, 0.3) is 5.56 Å². The van der Waals surface area contributed by atoms with E-state index < -0.39 is 0 Å². The van der Waals surface area contributed by atoms with E-state index in [9.17, 15) is 9.59 Å². The fraction of sp³-hybridized carbons (Fsp3) is 0.238. The van der Waals surface area contributed by atoms with Crippen LogP contribution in [0, 0.1) is 6.92 Å². The number of nitrogens with one attached hydrogen (secondary N) is 1. The minimum absolute atomic E-state index is 0.200. The quantitative estimate of drug-likeness (QED) is 0.513. The number of rotatable bonds is 7. The monoisotopic (exact) mass is 449 g/mol. The Balaban J connectivity index is 1.62. The predicted octanol–water partition coefficient (Wildman–Crippen LogP) is 5.05. The minimum atomic E-state index is -0.250. The lowest BCUT2D eigenvalue weighted by atomic mass is 10.2. The van der Waals surface area contributed by atoms with Crippen molar-refractivity contribution in [2.24, 2.45) is 7.05 Å². The van der Waals surface area contributed by atoms with Crippen LogP contribution in [0.5, 0.6) is 0 Å². The minimum Gasteiger partial charge on any atom is -0.320 e. The van der Waals surface area contributed by atoms with Crippen molar-refractivity contribution in [3.63, 3.8) is 0 Å². The van der Waals surface area contributed by atoms with Crippen LogP contribution >= 0.6 is 35.0 Å². The zero-order valence-electron chi connectivity index (χ0n) is 16.1. The van der Waals surface area contributed by atoms with Crippen molar-refractivity contribution in [2.75, 3.05) is 11.1 Å². The summed E-state index contributed by atoms with van der Waals surface area (Å²) in [5, 5.41) is 4.01. The van der Waals surface area contributed by atoms with E-state index in [-0.39, 0.29) is 17.9 Å². The highest BCUT2D eigenvalue weighted by Crippen LogP contribution is 2.28. The number of hydrogen-bond donors (Lipinski definition) is 1. The molecule has 1 amide bonds. The van der Waals surface area contributed by atoms with Gasteiger partial charge in [0.2, 0.25) is 5.91 Å². The topological polar surface area (TPSA) is 56.0 Å². The Morgan fingerprint density at radius 3 is 2.38 bits per heavy atom. The molecule has 0 bridgehead atoms. The summed E-state index contributed by atoms with van der Waals surface area (Å²) in [4.78, 5) is 25.2. The molecule has 8 heteroatoms. The molecule has 0 aliphatic heterocycles. The van der Waals surface area contributed by atoms with Crippen LogP contribution in [0.2, 0.25) is 10.0 Å². The molecule has 0 aliphatic carbocycles. The third kappa shape index (κ3) is 4.89. The van der Waals surface area contributed by atoms with Crippen LogP contribution in [0.25, 0.3) is 5.69 Å². The number of amides is 1. The van der Waals surface area contributed by atoms with Gasteiger partial charge >= 0.3 is 0 Å². The van der Waals surface area contributed by atoms with Crippen molar-refractivity contribution in [2.45, 2.75) is 19.1 Å². The first kappa shape index (κ1) is 21.6. The number of aromatic nitrogens is 2.